The number of benzene rings is 2. The lowest BCUT2D eigenvalue weighted by Crippen LogP contribution is -2.57. The van der Waals surface area contributed by atoms with Gasteiger partial charge in [-0.25, -0.2) is 13.4 Å². The molecule has 50 heavy (non-hydrogen) atoms. The molecule has 5 aliphatic rings. The van der Waals surface area contributed by atoms with Crippen LogP contribution in [0.15, 0.2) is 67.1 Å². The van der Waals surface area contributed by atoms with E-state index in [0.717, 1.165) is 25.7 Å². The summed E-state index contributed by atoms with van der Waals surface area (Å²) >= 11 is 0. The van der Waals surface area contributed by atoms with E-state index in [4.69, 9.17) is 0 Å². The van der Waals surface area contributed by atoms with Crippen LogP contribution in [0.25, 0.3) is 10.8 Å². The molecule has 0 bridgehead atoms. The van der Waals surface area contributed by atoms with Gasteiger partial charge in [0.05, 0.1) is 11.4 Å². The van der Waals surface area contributed by atoms with E-state index in [1.165, 1.54) is 21.9 Å². The van der Waals surface area contributed by atoms with Gasteiger partial charge in [0.1, 0.15) is 23.4 Å². The number of carbonyl (C=O) groups is 3. The molecule has 0 spiro atoms. The molecule has 262 valence electrons. The zero-order chi connectivity index (χ0) is 34.5. The van der Waals surface area contributed by atoms with Crippen LogP contribution >= 0.6 is 0 Å². The summed E-state index contributed by atoms with van der Waals surface area (Å²) in [6.07, 6.45) is 14.3. The molecule has 3 fully saturated rings. The van der Waals surface area contributed by atoms with E-state index in [-0.39, 0.29) is 17.9 Å². The lowest BCUT2D eigenvalue weighted by atomic mass is 9.94. The summed E-state index contributed by atoms with van der Waals surface area (Å²) in [5.74, 6) is -1.20. The molecule has 2 aromatic carbocycles. The lowest BCUT2D eigenvalue weighted by Gasteiger charge is -2.34. The van der Waals surface area contributed by atoms with Crippen LogP contribution in [0.2, 0.25) is 0 Å². The Balaban J connectivity index is 1.11. The van der Waals surface area contributed by atoms with Gasteiger partial charge < -0.3 is 15.5 Å². The van der Waals surface area contributed by atoms with Crippen molar-refractivity contribution in [3.63, 3.8) is 0 Å². The predicted octanol–water partition coefficient (Wildman–Crippen LogP) is 3.40. The van der Waals surface area contributed by atoms with Crippen molar-refractivity contribution in [2.45, 2.75) is 99.8 Å². The summed E-state index contributed by atoms with van der Waals surface area (Å²) in [5, 5.41) is 8.20. The Hall–Kier alpha value is -4.36. The highest BCUT2D eigenvalue weighted by Crippen LogP contribution is 2.46. The number of aromatic nitrogens is 2. The number of anilines is 1. The van der Waals surface area contributed by atoms with E-state index in [1.54, 1.807) is 23.5 Å². The number of rotatable bonds is 6. The molecule has 12 nitrogen and oxygen atoms in total. The summed E-state index contributed by atoms with van der Waals surface area (Å²) in [4.78, 5) is 55.4. The minimum atomic E-state index is -3.82. The second-order valence-electron chi connectivity index (χ2n) is 14.5. The first-order chi connectivity index (χ1) is 24.2. The smallest absolute Gasteiger partial charge is 0.259 e. The first kappa shape index (κ1) is 32.8. The van der Waals surface area contributed by atoms with Gasteiger partial charge >= 0.3 is 0 Å². The average molecular weight is 698 g/mol. The molecule has 3 aromatic rings. The molecular formula is C37H43N7O5S. The number of nitrogens with one attached hydrogen (secondary N) is 3. The third-order valence-electron chi connectivity index (χ3n) is 11.1. The van der Waals surface area contributed by atoms with Crippen LogP contribution in [0.5, 0.6) is 0 Å². The Labute approximate surface area is 292 Å². The van der Waals surface area contributed by atoms with Crippen LogP contribution in [0.1, 0.15) is 68.9 Å². The van der Waals surface area contributed by atoms with E-state index < -0.39 is 44.7 Å². The van der Waals surface area contributed by atoms with Crippen molar-refractivity contribution < 1.29 is 22.8 Å². The maximum absolute atomic E-state index is 14.6. The van der Waals surface area contributed by atoms with Gasteiger partial charge in [-0.05, 0) is 66.8 Å². The summed E-state index contributed by atoms with van der Waals surface area (Å²) in [6, 6.07) is 11.1. The zero-order valence-electron chi connectivity index (χ0n) is 28.0. The minimum Gasteiger partial charge on any atom is -0.357 e. The van der Waals surface area contributed by atoms with E-state index in [2.05, 4.69) is 66.6 Å². The van der Waals surface area contributed by atoms with E-state index in [0.29, 0.717) is 57.6 Å². The molecule has 3 N–H and O–H groups in total. The van der Waals surface area contributed by atoms with Gasteiger partial charge in [0.2, 0.25) is 21.8 Å². The third kappa shape index (κ3) is 6.37. The summed E-state index contributed by atoms with van der Waals surface area (Å²) in [5.41, 5.74) is 1.04. The number of nitrogens with zero attached hydrogens (tertiary/aromatic N) is 4. The normalized spacial score (nSPS) is 29.6. The molecule has 1 saturated heterocycles. The monoisotopic (exact) mass is 697 g/mol. The Kier molecular flexibility index (Phi) is 8.58. The van der Waals surface area contributed by atoms with Gasteiger partial charge in [-0.2, -0.15) is 0 Å². The maximum Gasteiger partial charge on any atom is 0.259 e. The van der Waals surface area contributed by atoms with Gasteiger partial charge in [0, 0.05) is 44.0 Å². The average Bonchev–Trinajstić information content (AvgIpc) is 4.04. The van der Waals surface area contributed by atoms with Crippen LogP contribution in [0.4, 0.5) is 5.82 Å². The highest BCUT2D eigenvalue weighted by atomic mass is 32.2. The fraction of sp³-hybridized carbons (Fsp3) is 0.486. The Morgan fingerprint density at radius 2 is 1.76 bits per heavy atom. The van der Waals surface area contributed by atoms with Crippen molar-refractivity contribution in [3.05, 3.63) is 78.3 Å². The number of amides is 3. The number of hydrogen-bond donors (Lipinski definition) is 3. The van der Waals surface area contributed by atoms with Gasteiger partial charge in [-0.15, -0.1) is 0 Å². The molecule has 2 saturated carbocycles. The molecule has 4 heterocycles. The molecular weight excluding hydrogens is 655 g/mol. The van der Waals surface area contributed by atoms with Crippen molar-refractivity contribution in [2.24, 2.45) is 5.92 Å². The quantitative estimate of drug-likeness (QED) is 0.329. The Morgan fingerprint density at radius 3 is 2.48 bits per heavy atom. The van der Waals surface area contributed by atoms with Crippen LogP contribution in [-0.4, -0.2) is 81.4 Å². The van der Waals surface area contributed by atoms with Gasteiger partial charge in [0.25, 0.3) is 5.91 Å². The summed E-state index contributed by atoms with van der Waals surface area (Å²) in [7, 11) is -3.82. The van der Waals surface area contributed by atoms with E-state index >= 15 is 0 Å². The SMILES string of the molecule is O=C1NC2(C(=O)NS(=O)(=O)C3CC3)CC2/C=C/CCCCCC(Nc2cnccn2)C(=O)N2C[C@H](N3Cc4cccc5cccc(c45)C3)CC12. The predicted molar refractivity (Wildman–Crippen MR) is 188 cm³/mol. The van der Waals surface area contributed by atoms with Crippen molar-refractivity contribution in [3.8, 4) is 0 Å². The molecule has 3 aliphatic heterocycles. The van der Waals surface area contributed by atoms with Crippen molar-refractivity contribution in [1.82, 2.24) is 29.8 Å². The highest BCUT2D eigenvalue weighted by molar-refractivity contribution is 7.91. The molecule has 2 aliphatic carbocycles. The van der Waals surface area contributed by atoms with Crippen LogP contribution < -0.4 is 15.4 Å². The third-order valence-corrected chi connectivity index (χ3v) is 12.9. The zero-order valence-corrected chi connectivity index (χ0v) is 28.8. The maximum atomic E-state index is 14.6. The van der Waals surface area contributed by atoms with E-state index in [9.17, 15) is 22.8 Å². The second-order valence-corrected chi connectivity index (χ2v) is 16.5. The molecule has 5 atom stereocenters. The van der Waals surface area contributed by atoms with Crippen molar-refractivity contribution in [1.29, 1.82) is 0 Å². The van der Waals surface area contributed by atoms with Gasteiger partial charge in [-0.1, -0.05) is 61.4 Å². The minimum absolute atomic E-state index is 0.121. The van der Waals surface area contributed by atoms with E-state index in [1.807, 2.05) is 12.2 Å². The summed E-state index contributed by atoms with van der Waals surface area (Å²) in [6.45, 7) is 1.72. The molecule has 0 radical (unpaired) electrons. The van der Waals surface area contributed by atoms with Crippen molar-refractivity contribution in [2.75, 3.05) is 11.9 Å². The standard InChI is InChI=1S/C37H43N7O5S/c45-34-31-18-28(43-21-25-10-6-8-24-9-7-11-26(22-43)33(24)25)23-44(31)35(46)30(40-32-20-38-16-17-39-32)13-5-3-1-2-4-12-27-19-37(27,41-34)36(47)42-50(48,49)29-14-15-29/h4,6-12,16-17,20,27-31H,1-3,5,13-15,18-19,21-23H2,(H,39,40)(H,41,45)(H,42,47)/b12-4+/t27?,28-,30?,31?,37?/m1/s1. The summed E-state index contributed by atoms with van der Waals surface area (Å²) < 4.78 is 28.0. The topological polar surface area (TPSA) is 154 Å². The van der Waals surface area contributed by atoms with Crippen LogP contribution in [0, 0.1) is 5.92 Å². The molecule has 8 rings (SSSR count). The highest BCUT2D eigenvalue weighted by Gasteiger charge is 2.62. The fourth-order valence-corrected chi connectivity index (χ4v) is 9.48. The van der Waals surface area contributed by atoms with Crippen LogP contribution in [0.3, 0.4) is 0 Å². The van der Waals surface area contributed by atoms with Crippen molar-refractivity contribution >= 4 is 44.3 Å². The number of sulfonamides is 1. The number of hydrogen-bond acceptors (Lipinski definition) is 9. The number of allylic oxidation sites excluding steroid dienone is 1. The second kappa shape index (κ2) is 13.1. The molecule has 13 heteroatoms. The molecule has 3 amide bonds. The Morgan fingerprint density at radius 1 is 0.980 bits per heavy atom. The molecule has 4 unspecified atom stereocenters. The largest absolute Gasteiger partial charge is 0.357 e. The van der Waals surface area contributed by atoms with Gasteiger partial charge in [-0.3, -0.25) is 29.0 Å². The van der Waals surface area contributed by atoms with Crippen LogP contribution in [-0.2, 0) is 37.5 Å². The fourth-order valence-electron chi connectivity index (χ4n) is 8.11. The number of carbonyl (C=O) groups excluding carboxylic acids is 3. The van der Waals surface area contributed by atoms with Gasteiger partial charge in [0.15, 0.2) is 0 Å². The lowest BCUT2D eigenvalue weighted by molar-refractivity contribution is -0.140. The first-order valence-corrected chi connectivity index (χ1v) is 19.4. The molecule has 1 aromatic heterocycles. The number of fused-ring (bicyclic) bond motifs is 2. The first-order valence-electron chi connectivity index (χ1n) is 17.8. The Bertz CT molecular complexity index is 1910.